The fourth-order valence-corrected chi connectivity index (χ4v) is 3.31. The highest BCUT2D eigenvalue weighted by Crippen LogP contribution is 2.19. The summed E-state index contributed by atoms with van der Waals surface area (Å²) in [6.45, 7) is 5.84. The summed E-state index contributed by atoms with van der Waals surface area (Å²) in [4.78, 5) is 22.5. The van der Waals surface area contributed by atoms with Crippen LogP contribution in [0.5, 0.6) is 0 Å². The third-order valence-corrected chi connectivity index (χ3v) is 4.97. The summed E-state index contributed by atoms with van der Waals surface area (Å²) >= 11 is 0. The molecule has 0 unspecified atom stereocenters. The topological polar surface area (TPSA) is 34.1 Å². The zero-order valence-corrected chi connectivity index (χ0v) is 17.3. The number of ketones is 1. The van der Waals surface area contributed by atoms with Gasteiger partial charge in [-0.05, 0) is 6.42 Å². The summed E-state index contributed by atoms with van der Waals surface area (Å²) in [6, 6.07) is 0. The van der Waals surface area contributed by atoms with Gasteiger partial charge in [0, 0.05) is 18.3 Å². The zero-order valence-electron chi connectivity index (χ0n) is 17.3. The molecule has 0 spiro atoms. The normalized spacial score (nSPS) is 11.6. The van der Waals surface area contributed by atoms with Crippen molar-refractivity contribution in [1.82, 2.24) is 0 Å². The Balaban J connectivity index is 3.21. The van der Waals surface area contributed by atoms with Crippen LogP contribution in [0.3, 0.4) is 0 Å². The van der Waals surface area contributed by atoms with Gasteiger partial charge in [-0.1, -0.05) is 111 Å². The minimum atomic E-state index is -0.605. The van der Waals surface area contributed by atoms with Gasteiger partial charge in [0.1, 0.15) is 5.78 Å². The molecule has 0 fully saturated rings. The Labute approximate surface area is 157 Å². The Kier molecular flexibility index (Phi) is 16.3. The van der Waals surface area contributed by atoms with Gasteiger partial charge in [-0.25, -0.2) is 0 Å². The van der Waals surface area contributed by atoms with Crippen LogP contribution < -0.4 is 0 Å². The SMILES string of the molecule is CCCCCCCCCCCCCCCCCC(=O)CC(C)(C)[C]=O. The van der Waals surface area contributed by atoms with Crippen LogP contribution in [0, 0.1) is 5.41 Å². The largest absolute Gasteiger partial charge is 0.300 e. The first-order valence-corrected chi connectivity index (χ1v) is 10.9. The van der Waals surface area contributed by atoms with Crippen LogP contribution in [-0.4, -0.2) is 12.1 Å². The molecule has 1 radical (unpaired) electrons. The van der Waals surface area contributed by atoms with E-state index in [4.69, 9.17) is 0 Å². The van der Waals surface area contributed by atoms with Crippen molar-refractivity contribution in [2.45, 2.75) is 130 Å². The molecule has 2 heteroatoms. The first-order valence-electron chi connectivity index (χ1n) is 10.9. The van der Waals surface area contributed by atoms with Gasteiger partial charge in [-0.2, -0.15) is 0 Å². The summed E-state index contributed by atoms with van der Waals surface area (Å²) in [7, 11) is 0. The Morgan fingerprint density at radius 2 is 1.04 bits per heavy atom. The Bertz CT molecular complexity index is 320. The Morgan fingerprint density at radius 3 is 1.40 bits per heavy atom. The molecular weight excluding hydrogens is 308 g/mol. The molecule has 0 rings (SSSR count). The summed E-state index contributed by atoms with van der Waals surface area (Å²) in [6.07, 6.45) is 23.0. The molecule has 0 saturated carbocycles. The number of carbonyl (C=O) groups excluding carboxylic acids is 2. The minimum absolute atomic E-state index is 0.211. The van der Waals surface area contributed by atoms with Crippen LogP contribution in [0.2, 0.25) is 0 Å². The molecule has 2 nitrogen and oxygen atoms in total. The molecule has 0 aromatic rings. The van der Waals surface area contributed by atoms with E-state index in [0.717, 1.165) is 12.8 Å². The summed E-state index contributed by atoms with van der Waals surface area (Å²) < 4.78 is 0. The lowest BCUT2D eigenvalue weighted by Crippen LogP contribution is -2.18. The molecule has 0 aliphatic heterocycles. The number of carbonyl (C=O) groups is 1. The lowest BCUT2D eigenvalue weighted by molar-refractivity contribution is -0.120. The van der Waals surface area contributed by atoms with Crippen molar-refractivity contribution < 1.29 is 9.59 Å². The van der Waals surface area contributed by atoms with Crippen molar-refractivity contribution in [1.29, 1.82) is 0 Å². The predicted octanol–water partition coefficient (Wildman–Crippen LogP) is 7.34. The number of hydrogen-bond acceptors (Lipinski definition) is 2. The van der Waals surface area contributed by atoms with Gasteiger partial charge in [0.05, 0.1) is 0 Å². The predicted molar refractivity (Wildman–Crippen MR) is 109 cm³/mol. The maximum Gasteiger partial charge on any atom is 0.204 e. The van der Waals surface area contributed by atoms with E-state index in [1.165, 1.54) is 83.5 Å². The van der Waals surface area contributed by atoms with Gasteiger partial charge in [-0.15, -0.1) is 0 Å². The first-order chi connectivity index (χ1) is 12.0. The van der Waals surface area contributed by atoms with Crippen LogP contribution in [0.25, 0.3) is 0 Å². The fraction of sp³-hybridized carbons (Fsp3) is 0.913. The van der Waals surface area contributed by atoms with E-state index in [2.05, 4.69) is 6.92 Å². The molecule has 0 saturated heterocycles. The average Bonchev–Trinajstić information content (AvgIpc) is 2.58. The average molecular weight is 352 g/mol. The number of hydrogen-bond donors (Lipinski definition) is 0. The fourth-order valence-electron chi connectivity index (χ4n) is 3.31. The third kappa shape index (κ3) is 17.9. The van der Waals surface area contributed by atoms with Crippen LogP contribution in [0.1, 0.15) is 130 Å². The first kappa shape index (κ1) is 24.3. The molecule has 147 valence electrons. The highest BCUT2D eigenvalue weighted by molar-refractivity contribution is 5.82. The van der Waals surface area contributed by atoms with Gasteiger partial charge in [0.15, 0.2) is 0 Å². The van der Waals surface area contributed by atoms with Gasteiger partial charge >= 0.3 is 0 Å². The van der Waals surface area contributed by atoms with Crippen LogP contribution in [-0.2, 0) is 9.59 Å². The van der Waals surface area contributed by atoms with E-state index in [0.29, 0.717) is 12.8 Å². The quantitative estimate of drug-likeness (QED) is 0.228. The molecule has 0 bridgehead atoms. The second kappa shape index (κ2) is 16.8. The molecule has 0 N–H and O–H groups in total. The second-order valence-corrected chi connectivity index (χ2v) is 8.40. The third-order valence-electron chi connectivity index (χ3n) is 4.97. The lowest BCUT2D eigenvalue weighted by atomic mass is 9.88. The smallest absolute Gasteiger partial charge is 0.204 e. The van der Waals surface area contributed by atoms with E-state index < -0.39 is 5.41 Å². The summed E-state index contributed by atoms with van der Waals surface area (Å²) in [5.41, 5.74) is -0.605. The summed E-state index contributed by atoms with van der Waals surface area (Å²) in [5.74, 6) is 0.211. The Hall–Kier alpha value is -0.660. The van der Waals surface area contributed by atoms with E-state index in [1.54, 1.807) is 13.8 Å². The monoisotopic (exact) mass is 351 g/mol. The molecular formula is C23H43O2. The molecule has 0 atom stereocenters. The maximum absolute atomic E-state index is 11.8. The van der Waals surface area contributed by atoms with E-state index in [9.17, 15) is 9.59 Å². The number of rotatable bonds is 19. The zero-order chi connectivity index (χ0) is 18.8. The summed E-state index contributed by atoms with van der Waals surface area (Å²) in [5, 5.41) is 0. The van der Waals surface area contributed by atoms with E-state index in [-0.39, 0.29) is 5.78 Å². The highest BCUT2D eigenvalue weighted by Gasteiger charge is 2.21. The van der Waals surface area contributed by atoms with E-state index in [1.807, 2.05) is 6.29 Å². The van der Waals surface area contributed by atoms with Gasteiger partial charge in [0.25, 0.3) is 0 Å². The molecule has 25 heavy (non-hydrogen) atoms. The molecule has 0 heterocycles. The van der Waals surface area contributed by atoms with Crippen LogP contribution >= 0.6 is 0 Å². The van der Waals surface area contributed by atoms with E-state index >= 15 is 0 Å². The lowest BCUT2D eigenvalue weighted by Gasteiger charge is -2.13. The molecule has 0 aromatic carbocycles. The molecule has 0 aliphatic rings. The van der Waals surface area contributed by atoms with Gasteiger partial charge in [0.2, 0.25) is 6.29 Å². The van der Waals surface area contributed by atoms with Crippen molar-refractivity contribution >= 4 is 12.1 Å². The minimum Gasteiger partial charge on any atom is -0.300 e. The van der Waals surface area contributed by atoms with Crippen molar-refractivity contribution in [2.75, 3.05) is 0 Å². The molecule has 0 aliphatic carbocycles. The molecule has 0 aromatic heterocycles. The Morgan fingerprint density at radius 1 is 0.680 bits per heavy atom. The maximum atomic E-state index is 11.8. The van der Waals surface area contributed by atoms with Crippen LogP contribution in [0.15, 0.2) is 0 Å². The molecule has 0 amide bonds. The van der Waals surface area contributed by atoms with Crippen molar-refractivity contribution in [2.24, 2.45) is 5.41 Å². The van der Waals surface area contributed by atoms with Crippen molar-refractivity contribution in [3.63, 3.8) is 0 Å². The van der Waals surface area contributed by atoms with Crippen molar-refractivity contribution in [3.05, 3.63) is 0 Å². The number of unbranched alkanes of at least 4 members (excludes halogenated alkanes) is 14. The second-order valence-electron chi connectivity index (χ2n) is 8.40. The highest BCUT2D eigenvalue weighted by atomic mass is 16.1. The number of Topliss-reactive ketones (excluding diaryl/α,β-unsaturated/α-hetero) is 1. The van der Waals surface area contributed by atoms with Gasteiger partial charge in [-0.3, -0.25) is 9.59 Å². The van der Waals surface area contributed by atoms with Gasteiger partial charge < -0.3 is 0 Å². The van der Waals surface area contributed by atoms with Crippen molar-refractivity contribution in [3.8, 4) is 0 Å². The van der Waals surface area contributed by atoms with Crippen LogP contribution in [0.4, 0.5) is 0 Å². The standard InChI is InChI=1S/C23H43O2/c1-4-5-6-7-8-9-10-11-12-13-14-15-16-17-18-19-22(25)20-23(2,3)21-24/h4-20H2,1-3H3.